The maximum absolute atomic E-state index is 12.5. The number of aromatic nitrogens is 3. The highest BCUT2D eigenvalue weighted by Crippen LogP contribution is 2.21. The predicted molar refractivity (Wildman–Crippen MR) is 165 cm³/mol. The van der Waals surface area contributed by atoms with Crippen molar-refractivity contribution < 1.29 is 9.59 Å². The number of fused-ring (bicyclic) bond motifs is 1. The Labute approximate surface area is 242 Å². The summed E-state index contributed by atoms with van der Waals surface area (Å²) >= 11 is 0. The highest BCUT2D eigenvalue weighted by atomic mass is 16.2. The van der Waals surface area contributed by atoms with Gasteiger partial charge in [-0.15, -0.1) is 0 Å². The van der Waals surface area contributed by atoms with Crippen LogP contribution >= 0.6 is 0 Å². The average molecular weight is 557 g/mol. The summed E-state index contributed by atoms with van der Waals surface area (Å²) in [5.41, 5.74) is 2.51. The molecule has 216 valence electrons. The number of nitrogens with one attached hydrogen (secondary N) is 3. The van der Waals surface area contributed by atoms with Crippen LogP contribution in [0.15, 0.2) is 54.9 Å². The van der Waals surface area contributed by atoms with Gasteiger partial charge in [0.1, 0.15) is 11.9 Å². The molecular formula is C31H40N8O2. The van der Waals surface area contributed by atoms with Gasteiger partial charge in [-0.2, -0.15) is 4.98 Å². The zero-order valence-corrected chi connectivity index (χ0v) is 24.6. The van der Waals surface area contributed by atoms with E-state index in [0.29, 0.717) is 43.3 Å². The van der Waals surface area contributed by atoms with Crippen LogP contribution in [-0.4, -0.2) is 83.4 Å². The summed E-state index contributed by atoms with van der Waals surface area (Å²) in [6.07, 6.45) is 8.99. The second-order valence-electron chi connectivity index (χ2n) is 9.90. The Hall–Kier alpha value is -4.49. The van der Waals surface area contributed by atoms with E-state index < -0.39 is 6.04 Å². The van der Waals surface area contributed by atoms with Crippen LogP contribution in [0.3, 0.4) is 0 Å². The molecule has 0 unspecified atom stereocenters. The molecule has 41 heavy (non-hydrogen) atoms. The minimum absolute atomic E-state index is 0.194. The van der Waals surface area contributed by atoms with Gasteiger partial charge in [-0.3, -0.25) is 14.6 Å². The maximum Gasteiger partial charge on any atom is 0.246 e. The first-order chi connectivity index (χ1) is 19.8. The molecule has 1 atom stereocenters. The Kier molecular flexibility index (Phi) is 12.1. The summed E-state index contributed by atoms with van der Waals surface area (Å²) < 4.78 is 0. The largest absolute Gasteiger partial charge is 0.369 e. The van der Waals surface area contributed by atoms with Crippen molar-refractivity contribution in [1.29, 1.82) is 0 Å². The van der Waals surface area contributed by atoms with Crippen molar-refractivity contribution in [2.24, 2.45) is 0 Å². The Morgan fingerprint density at radius 1 is 1.12 bits per heavy atom. The van der Waals surface area contributed by atoms with E-state index in [-0.39, 0.29) is 11.8 Å². The van der Waals surface area contributed by atoms with Gasteiger partial charge >= 0.3 is 0 Å². The van der Waals surface area contributed by atoms with Gasteiger partial charge in [-0.05, 0) is 58.1 Å². The molecule has 0 saturated heterocycles. The summed E-state index contributed by atoms with van der Waals surface area (Å²) in [6.45, 7) is 5.70. The molecule has 1 aromatic carbocycles. The van der Waals surface area contributed by atoms with E-state index >= 15 is 0 Å². The number of hydrogen-bond donors (Lipinski definition) is 3. The van der Waals surface area contributed by atoms with E-state index in [1.54, 1.807) is 32.4 Å². The number of carbonyl (C=O) groups excluding carboxylic acids is 2. The van der Waals surface area contributed by atoms with Gasteiger partial charge < -0.3 is 25.8 Å². The molecular weight excluding hydrogens is 516 g/mol. The number of likely N-dealkylation sites (N-methyl/N-ethyl adjacent to an activating group) is 2. The Morgan fingerprint density at radius 3 is 2.73 bits per heavy atom. The van der Waals surface area contributed by atoms with Crippen LogP contribution in [0.2, 0.25) is 0 Å². The number of carbonyl (C=O) groups is 2. The molecule has 0 radical (unpaired) electrons. The fourth-order valence-electron chi connectivity index (χ4n) is 3.74. The Morgan fingerprint density at radius 2 is 1.95 bits per heavy atom. The van der Waals surface area contributed by atoms with Crippen LogP contribution in [0.4, 0.5) is 17.5 Å². The third-order valence-corrected chi connectivity index (χ3v) is 6.23. The summed E-state index contributed by atoms with van der Waals surface area (Å²) in [5, 5.41) is 10.5. The van der Waals surface area contributed by atoms with Gasteiger partial charge in [0.2, 0.25) is 17.8 Å². The lowest BCUT2D eigenvalue weighted by molar-refractivity contribution is -0.135. The standard InChI is InChI=1S/C31H40N8O2/c1-6-17-33-29-25(22-35-31(37-29)36-26-15-16-27-24(21-26)13-10-19-32-27)12-8-7-9-18-34-30(41)23(2)39(5)28(40)14-11-20-38(3)4/h10-11,13-16,19,21-23H,6-7,9,17-18,20H2,1-5H3,(H,34,41)(H2,33,35,36,37)/t23-/m0/s1. The van der Waals surface area contributed by atoms with Gasteiger partial charge in [-0.1, -0.05) is 30.9 Å². The second-order valence-corrected chi connectivity index (χ2v) is 9.90. The second kappa shape index (κ2) is 15.9. The lowest BCUT2D eigenvalue weighted by atomic mass is 10.2. The molecule has 3 rings (SSSR count). The number of nitrogens with zero attached hydrogens (tertiary/aromatic N) is 5. The fourth-order valence-corrected chi connectivity index (χ4v) is 3.74. The number of amides is 2. The predicted octanol–water partition coefficient (Wildman–Crippen LogP) is 3.80. The van der Waals surface area contributed by atoms with Gasteiger partial charge in [0, 0.05) is 56.4 Å². The van der Waals surface area contributed by atoms with E-state index in [4.69, 9.17) is 0 Å². The quantitative estimate of drug-likeness (QED) is 0.165. The van der Waals surface area contributed by atoms with E-state index in [2.05, 4.69) is 49.7 Å². The third-order valence-electron chi connectivity index (χ3n) is 6.23. The van der Waals surface area contributed by atoms with Crippen LogP contribution in [0, 0.1) is 11.8 Å². The van der Waals surface area contributed by atoms with Crippen molar-refractivity contribution in [1.82, 2.24) is 30.1 Å². The summed E-state index contributed by atoms with van der Waals surface area (Å²) in [4.78, 5) is 41.6. The third kappa shape index (κ3) is 9.89. The SMILES string of the molecule is CCCNc1nc(Nc2ccc3ncccc3c2)ncc1C#CCCCNC(=O)[C@H](C)N(C)C(=O)C=CCN(C)C. The molecule has 0 aliphatic carbocycles. The molecule has 0 bridgehead atoms. The number of hydrogen-bond acceptors (Lipinski definition) is 8. The first kappa shape index (κ1) is 31.0. The zero-order valence-electron chi connectivity index (χ0n) is 24.6. The first-order valence-electron chi connectivity index (χ1n) is 13.9. The Balaban J connectivity index is 1.52. The van der Waals surface area contributed by atoms with Gasteiger partial charge in [0.25, 0.3) is 0 Å². The minimum Gasteiger partial charge on any atom is -0.369 e. The number of anilines is 3. The van der Waals surface area contributed by atoms with Crippen molar-refractivity contribution in [3.63, 3.8) is 0 Å². The van der Waals surface area contributed by atoms with Crippen LogP contribution in [0.25, 0.3) is 10.9 Å². The molecule has 10 nitrogen and oxygen atoms in total. The summed E-state index contributed by atoms with van der Waals surface area (Å²) in [5.74, 6) is 7.07. The van der Waals surface area contributed by atoms with Gasteiger partial charge in [0.05, 0.1) is 17.3 Å². The van der Waals surface area contributed by atoms with E-state index in [9.17, 15) is 9.59 Å². The van der Waals surface area contributed by atoms with E-state index in [1.165, 1.54) is 11.0 Å². The molecule has 0 aliphatic heterocycles. The Bertz CT molecular complexity index is 1410. The smallest absolute Gasteiger partial charge is 0.246 e. The molecule has 0 aliphatic rings. The minimum atomic E-state index is -0.569. The number of pyridine rings is 1. The fraction of sp³-hybridized carbons (Fsp3) is 0.387. The van der Waals surface area contributed by atoms with E-state index in [1.807, 2.05) is 49.3 Å². The van der Waals surface area contributed by atoms with Crippen molar-refractivity contribution in [2.45, 2.75) is 39.2 Å². The monoisotopic (exact) mass is 556 g/mol. The number of benzene rings is 1. The lowest BCUT2D eigenvalue weighted by Gasteiger charge is -2.23. The average Bonchev–Trinajstić information content (AvgIpc) is 2.97. The molecule has 10 heteroatoms. The molecule has 3 N–H and O–H groups in total. The van der Waals surface area contributed by atoms with Gasteiger partial charge in [0.15, 0.2) is 0 Å². The van der Waals surface area contributed by atoms with Crippen LogP contribution < -0.4 is 16.0 Å². The summed E-state index contributed by atoms with van der Waals surface area (Å²) in [7, 11) is 5.48. The molecule has 2 aromatic heterocycles. The molecule has 2 amide bonds. The topological polar surface area (TPSA) is 115 Å². The molecule has 0 fully saturated rings. The molecule has 3 aromatic rings. The number of unbranched alkanes of at least 4 members (excludes halogenated alkanes) is 1. The maximum atomic E-state index is 12.5. The van der Waals surface area contributed by atoms with Gasteiger partial charge in [-0.25, -0.2) is 4.98 Å². The van der Waals surface area contributed by atoms with E-state index in [0.717, 1.165) is 29.6 Å². The number of rotatable bonds is 13. The lowest BCUT2D eigenvalue weighted by Crippen LogP contribution is -2.45. The van der Waals surface area contributed by atoms with Crippen LogP contribution in [0.5, 0.6) is 0 Å². The van der Waals surface area contributed by atoms with Crippen molar-refractivity contribution in [2.75, 3.05) is 51.4 Å². The summed E-state index contributed by atoms with van der Waals surface area (Å²) in [6, 6.07) is 9.27. The normalized spacial score (nSPS) is 11.7. The van der Waals surface area contributed by atoms with Crippen molar-refractivity contribution in [3.05, 3.63) is 60.4 Å². The highest BCUT2D eigenvalue weighted by molar-refractivity contribution is 5.92. The highest BCUT2D eigenvalue weighted by Gasteiger charge is 2.20. The molecule has 0 saturated carbocycles. The van der Waals surface area contributed by atoms with Crippen molar-refractivity contribution in [3.8, 4) is 11.8 Å². The van der Waals surface area contributed by atoms with Crippen LogP contribution in [0.1, 0.15) is 38.7 Å². The van der Waals surface area contributed by atoms with Crippen molar-refractivity contribution >= 4 is 40.2 Å². The zero-order chi connectivity index (χ0) is 29.6. The van der Waals surface area contributed by atoms with Crippen LogP contribution in [-0.2, 0) is 9.59 Å². The first-order valence-corrected chi connectivity index (χ1v) is 13.9. The molecule has 2 heterocycles. The molecule has 0 spiro atoms.